The summed E-state index contributed by atoms with van der Waals surface area (Å²) in [4.78, 5) is 32.5. The van der Waals surface area contributed by atoms with Crippen LogP contribution in [0.3, 0.4) is 0 Å². The van der Waals surface area contributed by atoms with Gasteiger partial charge in [-0.3, -0.25) is 4.79 Å². The molecule has 0 atom stereocenters. The van der Waals surface area contributed by atoms with Crippen LogP contribution in [0.4, 0.5) is 19.0 Å². The minimum absolute atomic E-state index is 0.0392. The first kappa shape index (κ1) is 19.7. The molecular weight excluding hydrogens is 413 g/mol. The summed E-state index contributed by atoms with van der Waals surface area (Å²) in [7, 11) is 1.92. The van der Waals surface area contributed by atoms with Crippen molar-refractivity contribution in [2.24, 2.45) is 0 Å². The highest BCUT2D eigenvalue weighted by Crippen LogP contribution is 2.44. The second-order valence-electron chi connectivity index (χ2n) is 8.29. The van der Waals surface area contributed by atoms with Crippen molar-refractivity contribution in [2.45, 2.75) is 51.5 Å². The molecule has 1 saturated carbocycles. The maximum atomic E-state index is 13.5. The summed E-state index contributed by atoms with van der Waals surface area (Å²) >= 11 is 0. The molecule has 11 heteroatoms. The van der Waals surface area contributed by atoms with Gasteiger partial charge in [0.05, 0.1) is 23.2 Å². The Bertz CT molecular complexity index is 1220. The lowest BCUT2D eigenvalue weighted by atomic mass is 10.1. The predicted octanol–water partition coefficient (Wildman–Crippen LogP) is 3.48. The summed E-state index contributed by atoms with van der Waals surface area (Å²) in [6, 6.07) is 0. The summed E-state index contributed by atoms with van der Waals surface area (Å²) in [5.74, 6) is -0.594. The summed E-state index contributed by atoms with van der Waals surface area (Å²) in [6.45, 7) is 3.86. The number of hydrogen-bond donors (Lipinski definition) is 0. The molecule has 1 aliphatic carbocycles. The lowest BCUT2D eigenvalue weighted by molar-refractivity contribution is -0.145. The standard InChI is InChI=1S/C20H19F3N6O2/c1-10-13(14-15(25-9-26-16(14)31-10)28(3)19(2)4-5-19)17(30)29-7-11-6-24-18(20(21,22)23)27-12(11)8-29/h6,9H,4-5,7-8H2,1-3H3. The fraction of sp³-hybridized carbons (Fsp3) is 0.450. The number of halogens is 3. The van der Waals surface area contributed by atoms with Gasteiger partial charge in [0.2, 0.25) is 11.5 Å². The Morgan fingerprint density at radius 2 is 1.97 bits per heavy atom. The highest BCUT2D eigenvalue weighted by molar-refractivity contribution is 6.10. The van der Waals surface area contributed by atoms with E-state index in [1.54, 1.807) is 6.92 Å². The van der Waals surface area contributed by atoms with E-state index in [0.717, 1.165) is 19.0 Å². The molecule has 0 spiro atoms. The molecule has 3 aromatic heterocycles. The third kappa shape index (κ3) is 3.10. The molecular formula is C20H19F3N6O2. The van der Waals surface area contributed by atoms with Crippen molar-refractivity contribution in [1.29, 1.82) is 0 Å². The van der Waals surface area contributed by atoms with Crippen molar-refractivity contribution >= 4 is 22.8 Å². The maximum absolute atomic E-state index is 13.5. The van der Waals surface area contributed by atoms with Crippen LogP contribution in [-0.2, 0) is 19.3 Å². The number of nitrogens with zero attached hydrogens (tertiary/aromatic N) is 6. The summed E-state index contributed by atoms with van der Waals surface area (Å²) in [5, 5.41) is 0.513. The van der Waals surface area contributed by atoms with Crippen molar-refractivity contribution in [1.82, 2.24) is 24.8 Å². The number of furan rings is 1. The van der Waals surface area contributed by atoms with E-state index in [1.165, 1.54) is 11.2 Å². The molecule has 8 nitrogen and oxygen atoms in total. The van der Waals surface area contributed by atoms with Gasteiger partial charge in [-0.05, 0) is 26.7 Å². The van der Waals surface area contributed by atoms with Crippen LogP contribution in [0, 0.1) is 6.92 Å². The summed E-state index contributed by atoms with van der Waals surface area (Å²) in [6.07, 6.45) is -0.0842. The van der Waals surface area contributed by atoms with Crippen LogP contribution in [0.25, 0.3) is 11.1 Å². The number of alkyl halides is 3. The third-order valence-electron chi connectivity index (χ3n) is 6.16. The average Bonchev–Trinajstić information content (AvgIpc) is 3.18. The molecule has 0 aromatic carbocycles. The van der Waals surface area contributed by atoms with Gasteiger partial charge in [0.25, 0.3) is 5.91 Å². The van der Waals surface area contributed by atoms with Gasteiger partial charge < -0.3 is 14.2 Å². The molecule has 0 bridgehead atoms. The number of anilines is 1. The number of carbonyl (C=O) groups excluding carboxylic acids is 1. The average molecular weight is 432 g/mol. The fourth-order valence-corrected chi connectivity index (χ4v) is 3.90. The summed E-state index contributed by atoms with van der Waals surface area (Å²) in [5.41, 5.74) is 1.27. The Hall–Kier alpha value is -3.24. The van der Waals surface area contributed by atoms with Crippen molar-refractivity contribution in [3.8, 4) is 0 Å². The Labute approximate surface area is 175 Å². The number of fused-ring (bicyclic) bond motifs is 2. The van der Waals surface area contributed by atoms with E-state index in [0.29, 0.717) is 33.8 Å². The number of aryl methyl sites for hydroxylation is 1. The molecule has 31 heavy (non-hydrogen) atoms. The number of carbonyl (C=O) groups is 1. The molecule has 0 saturated heterocycles. The van der Waals surface area contributed by atoms with Crippen LogP contribution >= 0.6 is 0 Å². The van der Waals surface area contributed by atoms with Crippen LogP contribution in [0.2, 0.25) is 0 Å². The Morgan fingerprint density at radius 3 is 2.65 bits per heavy atom. The highest BCUT2D eigenvalue weighted by atomic mass is 19.4. The molecule has 0 radical (unpaired) electrons. The maximum Gasteiger partial charge on any atom is 0.451 e. The van der Waals surface area contributed by atoms with Gasteiger partial charge in [0, 0.05) is 30.9 Å². The first-order valence-corrected chi connectivity index (χ1v) is 9.78. The van der Waals surface area contributed by atoms with Gasteiger partial charge in [-0.15, -0.1) is 0 Å². The predicted molar refractivity (Wildman–Crippen MR) is 103 cm³/mol. The zero-order chi connectivity index (χ0) is 22.1. The molecule has 2 aliphatic rings. The molecule has 162 valence electrons. The third-order valence-corrected chi connectivity index (χ3v) is 6.16. The van der Waals surface area contributed by atoms with E-state index in [2.05, 4.69) is 26.9 Å². The van der Waals surface area contributed by atoms with Gasteiger partial charge in [-0.25, -0.2) is 19.9 Å². The van der Waals surface area contributed by atoms with Crippen molar-refractivity contribution < 1.29 is 22.4 Å². The molecule has 3 aromatic rings. The number of hydrogen-bond acceptors (Lipinski definition) is 7. The van der Waals surface area contributed by atoms with E-state index < -0.39 is 12.0 Å². The molecule has 0 unspecified atom stereocenters. The molecule has 0 N–H and O–H groups in total. The second kappa shape index (κ2) is 6.38. The Kier molecular flexibility index (Phi) is 4.06. The highest BCUT2D eigenvalue weighted by Gasteiger charge is 2.44. The number of aromatic nitrogens is 4. The van der Waals surface area contributed by atoms with Crippen LogP contribution in [0.15, 0.2) is 16.9 Å². The molecule has 1 amide bonds. The van der Waals surface area contributed by atoms with Gasteiger partial charge in [-0.2, -0.15) is 13.2 Å². The van der Waals surface area contributed by atoms with Crippen LogP contribution in [-0.4, -0.2) is 43.3 Å². The minimum atomic E-state index is -4.64. The molecule has 4 heterocycles. The van der Waals surface area contributed by atoms with E-state index in [9.17, 15) is 18.0 Å². The number of amides is 1. The minimum Gasteiger partial charge on any atom is -0.442 e. The van der Waals surface area contributed by atoms with Gasteiger partial charge >= 0.3 is 6.18 Å². The summed E-state index contributed by atoms with van der Waals surface area (Å²) < 4.78 is 44.6. The van der Waals surface area contributed by atoms with E-state index in [4.69, 9.17) is 4.42 Å². The second-order valence-corrected chi connectivity index (χ2v) is 8.29. The fourth-order valence-electron chi connectivity index (χ4n) is 3.90. The smallest absolute Gasteiger partial charge is 0.442 e. The van der Waals surface area contributed by atoms with Gasteiger partial charge in [-0.1, -0.05) is 0 Å². The first-order chi connectivity index (χ1) is 14.6. The van der Waals surface area contributed by atoms with E-state index in [1.807, 2.05) is 11.9 Å². The van der Waals surface area contributed by atoms with Gasteiger partial charge in [0.1, 0.15) is 17.9 Å². The van der Waals surface area contributed by atoms with Crippen LogP contribution in [0.5, 0.6) is 0 Å². The monoisotopic (exact) mass is 432 g/mol. The van der Waals surface area contributed by atoms with Crippen LogP contribution < -0.4 is 4.90 Å². The lowest BCUT2D eigenvalue weighted by Crippen LogP contribution is -2.32. The lowest BCUT2D eigenvalue weighted by Gasteiger charge is -2.26. The van der Waals surface area contributed by atoms with Crippen LogP contribution in [0.1, 0.15) is 53.0 Å². The van der Waals surface area contributed by atoms with Crippen molar-refractivity contribution in [3.05, 3.63) is 40.9 Å². The van der Waals surface area contributed by atoms with E-state index in [-0.39, 0.29) is 30.2 Å². The number of rotatable bonds is 3. The topological polar surface area (TPSA) is 88.3 Å². The van der Waals surface area contributed by atoms with Crippen molar-refractivity contribution in [2.75, 3.05) is 11.9 Å². The molecule has 5 rings (SSSR count). The zero-order valence-electron chi connectivity index (χ0n) is 17.1. The first-order valence-electron chi connectivity index (χ1n) is 9.78. The normalized spacial score (nSPS) is 17.2. The Morgan fingerprint density at radius 1 is 1.23 bits per heavy atom. The SMILES string of the molecule is Cc1oc2ncnc(N(C)C3(C)CC3)c2c1C(=O)N1Cc2cnc(C(F)(F)F)nc2C1. The van der Waals surface area contributed by atoms with Crippen molar-refractivity contribution in [3.63, 3.8) is 0 Å². The molecule has 1 aliphatic heterocycles. The van der Waals surface area contributed by atoms with Gasteiger partial charge in [0.15, 0.2) is 0 Å². The Balaban J connectivity index is 1.53. The molecule has 1 fully saturated rings. The zero-order valence-corrected chi connectivity index (χ0v) is 17.1. The largest absolute Gasteiger partial charge is 0.451 e. The quantitative estimate of drug-likeness (QED) is 0.626. The van der Waals surface area contributed by atoms with E-state index >= 15 is 0 Å².